The summed E-state index contributed by atoms with van der Waals surface area (Å²) in [5.41, 5.74) is 0. The number of unbranched alkanes of at least 4 members (excludes halogenated alkanes) is 3. The Balaban J connectivity index is 4.99. The number of rotatable bonds is 27. The average molecular weight is 599 g/mol. The maximum Gasteiger partial charge on any atom is 0.416 e. The van der Waals surface area contributed by atoms with Crippen molar-refractivity contribution in [3.05, 3.63) is 0 Å². The quantitative estimate of drug-likeness (QED) is 0.0758. The van der Waals surface area contributed by atoms with Crippen LogP contribution in [0.5, 0.6) is 0 Å². The largest absolute Gasteiger partial charge is 0.427 e. The lowest BCUT2D eigenvalue weighted by Crippen LogP contribution is -2.64. The Bertz CT molecular complexity index is 656. The first-order valence-electron chi connectivity index (χ1n) is 14.7. The monoisotopic (exact) mass is 598 g/mol. The molecule has 2 unspecified atom stereocenters. The highest BCUT2D eigenvalue weighted by atomic mass is 17.0. The lowest BCUT2D eigenvalue weighted by molar-refractivity contribution is -0.546. The maximum atomic E-state index is 12.8. The zero-order valence-electron chi connectivity index (χ0n) is 26.6. The molecule has 13 heteroatoms. The molecule has 2 atom stereocenters. The molecule has 0 aromatic carbocycles. The van der Waals surface area contributed by atoms with Crippen LogP contribution in [0.2, 0.25) is 0 Å². The summed E-state index contributed by atoms with van der Waals surface area (Å²) in [6.07, 6.45) is 1.41. The molecular formula is C28H54O13. The van der Waals surface area contributed by atoms with Crippen LogP contribution in [0.3, 0.4) is 0 Å². The zero-order valence-corrected chi connectivity index (χ0v) is 26.6. The van der Waals surface area contributed by atoms with Gasteiger partial charge < -0.3 is 52.1 Å². The van der Waals surface area contributed by atoms with Crippen molar-refractivity contribution in [1.29, 1.82) is 0 Å². The minimum atomic E-state index is -2.07. The molecule has 0 saturated carbocycles. The van der Waals surface area contributed by atoms with E-state index in [-0.39, 0.29) is 59.1 Å². The summed E-state index contributed by atoms with van der Waals surface area (Å²) in [5.74, 6) is -6.68. The second kappa shape index (κ2) is 22.2. The van der Waals surface area contributed by atoms with Crippen molar-refractivity contribution in [3.63, 3.8) is 0 Å². The molecule has 0 aliphatic heterocycles. The fraction of sp³-hybridized carbons (Fsp3) is 0.929. The van der Waals surface area contributed by atoms with Crippen LogP contribution >= 0.6 is 0 Å². The van der Waals surface area contributed by atoms with Crippen LogP contribution in [0.25, 0.3) is 0 Å². The highest BCUT2D eigenvalue weighted by Gasteiger charge is 2.62. The van der Waals surface area contributed by atoms with E-state index in [1.165, 1.54) is 14.2 Å². The van der Waals surface area contributed by atoms with E-state index in [1.807, 2.05) is 0 Å². The Morgan fingerprint density at radius 2 is 0.927 bits per heavy atom. The number of carbonyl (C=O) groups excluding carboxylic acids is 2. The van der Waals surface area contributed by atoms with Gasteiger partial charge >= 0.3 is 29.9 Å². The Morgan fingerprint density at radius 3 is 1.29 bits per heavy atom. The summed E-state index contributed by atoms with van der Waals surface area (Å²) in [7, 11) is 2.71. The third-order valence-electron chi connectivity index (χ3n) is 5.52. The van der Waals surface area contributed by atoms with Gasteiger partial charge in [-0.15, -0.1) is 0 Å². The molecule has 0 amide bonds. The number of methoxy groups -OCH3 is 2. The van der Waals surface area contributed by atoms with Crippen LogP contribution in [0.15, 0.2) is 0 Å². The van der Waals surface area contributed by atoms with Crippen LogP contribution in [-0.2, 0) is 61.7 Å². The first-order valence-corrected chi connectivity index (χ1v) is 14.7. The third-order valence-corrected chi connectivity index (χ3v) is 5.52. The summed E-state index contributed by atoms with van der Waals surface area (Å²) in [6, 6.07) is 0. The molecule has 0 fully saturated rings. The van der Waals surface area contributed by atoms with Gasteiger partial charge in [0.1, 0.15) is 0 Å². The Morgan fingerprint density at radius 1 is 0.537 bits per heavy atom. The lowest BCUT2D eigenvalue weighted by atomic mass is 10.1. The van der Waals surface area contributed by atoms with Crippen molar-refractivity contribution in [1.82, 2.24) is 0 Å². The summed E-state index contributed by atoms with van der Waals surface area (Å²) >= 11 is 0. The van der Waals surface area contributed by atoms with Gasteiger partial charge in [0.15, 0.2) is 0 Å². The highest BCUT2D eigenvalue weighted by Crippen LogP contribution is 2.36. The molecule has 41 heavy (non-hydrogen) atoms. The lowest BCUT2D eigenvalue weighted by Gasteiger charge is -2.44. The fourth-order valence-corrected chi connectivity index (χ4v) is 4.02. The third kappa shape index (κ3) is 12.4. The Hall–Kier alpha value is -1.42. The summed E-state index contributed by atoms with van der Waals surface area (Å²) in [6.45, 7) is 13.8. The molecule has 0 rings (SSSR count). The minimum absolute atomic E-state index is 0.0778. The molecule has 0 aromatic heterocycles. The zero-order chi connectivity index (χ0) is 31.2. The van der Waals surface area contributed by atoms with E-state index < -0.39 is 36.1 Å². The molecule has 0 heterocycles. The SMILES string of the molecule is CCOC(OCC)(OCC)C(OC)OC(=O)CCCCCCC(=O)OC(OC)(OCC)C(OCC)(OCC)OCC. The van der Waals surface area contributed by atoms with Crippen LogP contribution < -0.4 is 0 Å². The Kier molecular flexibility index (Phi) is 21.4. The predicted octanol–water partition coefficient (Wildman–Crippen LogP) is 4.25. The minimum Gasteiger partial charge on any atom is -0.427 e. The molecule has 0 aromatic rings. The summed E-state index contributed by atoms with van der Waals surface area (Å²) in [4.78, 5) is 25.3. The van der Waals surface area contributed by atoms with Gasteiger partial charge in [-0.2, -0.15) is 0 Å². The molecule has 0 radical (unpaired) electrons. The smallest absolute Gasteiger partial charge is 0.416 e. The maximum absolute atomic E-state index is 12.8. The van der Waals surface area contributed by atoms with Crippen LogP contribution in [-0.4, -0.2) is 96.6 Å². The van der Waals surface area contributed by atoms with Gasteiger partial charge in [-0.1, -0.05) is 12.8 Å². The normalized spacial score (nSPS) is 14.5. The van der Waals surface area contributed by atoms with E-state index in [2.05, 4.69) is 0 Å². The van der Waals surface area contributed by atoms with Gasteiger partial charge in [0.2, 0.25) is 0 Å². The summed E-state index contributed by atoms with van der Waals surface area (Å²) < 4.78 is 61.9. The molecule has 0 aliphatic rings. The molecule has 0 spiro atoms. The fourth-order valence-electron chi connectivity index (χ4n) is 4.02. The van der Waals surface area contributed by atoms with Crippen LogP contribution in [0.4, 0.5) is 0 Å². The molecule has 244 valence electrons. The van der Waals surface area contributed by atoms with Crippen molar-refractivity contribution in [2.24, 2.45) is 0 Å². The van der Waals surface area contributed by atoms with E-state index in [4.69, 9.17) is 52.1 Å². The number of hydrogen-bond acceptors (Lipinski definition) is 13. The second-order valence-electron chi connectivity index (χ2n) is 8.40. The van der Waals surface area contributed by atoms with Gasteiger partial charge in [-0.05, 0) is 61.3 Å². The molecule has 0 aliphatic carbocycles. The van der Waals surface area contributed by atoms with E-state index in [0.717, 1.165) is 0 Å². The van der Waals surface area contributed by atoms with Crippen molar-refractivity contribution in [2.75, 3.05) is 60.5 Å². The van der Waals surface area contributed by atoms with Crippen LogP contribution in [0.1, 0.15) is 87.0 Å². The average Bonchev–Trinajstić information content (AvgIpc) is 2.93. The van der Waals surface area contributed by atoms with Gasteiger partial charge in [0.25, 0.3) is 6.29 Å². The van der Waals surface area contributed by atoms with Gasteiger partial charge in [0, 0.05) is 66.7 Å². The van der Waals surface area contributed by atoms with Crippen molar-refractivity contribution < 1.29 is 61.7 Å². The first-order chi connectivity index (χ1) is 19.7. The highest BCUT2D eigenvalue weighted by molar-refractivity contribution is 5.70. The molecule has 0 saturated heterocycles. The van der Waals surface area contributed by atoms with Crippen molar-refractivity contribution >= 4 is 11.9 Å². The van der Waals surface area contributed by atoms with E-state index in [0.29, 0.717) is 25.7 Å². The Labute approximate surface area is 245 Å². The molecule has 13 nitrogen and oxygen atoms in total. The number of ether oxygens (including phenoxy) is 11. The van der Waals surface area contributed by atoms with Crippen molar-refractivity contribution in [3.8, 4) is 0 Å². The first kappa shape index (κ1) is 39.6. The summed E-state index contributed by atoms with van der Waals surface area (Å²) in [5, 5.41) is 0. The number of carbonyl (C=O) groups is 2. The molecule has 0 N–H and O–H groups in total. The predicted molar refractivity (Wildman–Crippen MR) is 147 cm³/mol. The number of esters is 2. The van der Waals surface area contributed by atoms with E-state index >= 15 is 0 Å². The van der Waals surface area contributed by atoms with E-state index in [9.17, 15) is 9.59 Å². The molecular weight excluding hydrogens is 544 g/mol. The van der Waals surface area contributed by atoms with Crippen LogP contribution in [0, 0.1) is 0 Å². The molecule has 0 bridgehead atoms. The number of hydrogen-bond donors (Lipinski definition) is 0. The van der Waals surface area contributed by atoms with E-state index in [1.54, 1.807) is 48.5 Å². The van der Waals surface area contributed by atoms with Crippen molar-refractivity contribution in [2.45, 2.75) is 111 Å². The van der Waals surface area contributed by atoms with Gasteiger partial charge in [0.05, 0.1) is 6.61 Å². The van der Waals surface area contributed by atoms with Gasteiger partial charge in [-0.3, -0.25) is 9.59 Å². The topological polar surface area (TPSA) is 136 Å². The van der Waals surface area contributed by atoms with Gasteiger partial charge in [-0.25, -0.2) is 0 Å². The second-order valence-corrected chi connectivity index (χ2v) is 8.40. The standard InChI is InChI=1S/C28H54O13/c1-10-33-26(34-11-2,35-12-3)25(31-8)40-23(29)21-19-17-18-20-22-24(30)41-27(32-9,36-13-4)28(37-14-5,38-15-6)39-16-7/h25H,10-22H2,1-9H3.